The van der Waals surface area contributed by atoms with Crippen LogP contribution in [0.5, 0.6) is 5.75 Å². The van der Waals surface area contributed by atoms with Crippen LogP contribution >= 0.6 is 0 Å². The molecule has 0 bridgehead atoms. The zero-order valence-electron chi connectivity index (χ0n) is 18.3. The number of imide groups is 1. The molecule has 2 heterocycles. The molecule has 3 aromatic rings. The highest BCUT2D eigenvalue weighted by atomic mass is 16.7. The number of benzene rings is 3. The molecule has 1 N–H and O–H groups in total. The van der Waals surface area contributed by atoms with Crippen molar-refractivity contribution in [2.75, 3.05) is 16.6 Å². The summed E-state index contributed by atoms with van der Waals surface area (Å²) in [4.78, 5) is 46.4. The summed E-state index contributed by atoms with van der Waals surface area (Å²) >= 11 is 0. The molecular weight excluding hydrogens is 436 g/mol. The summed E-state index contributed by atoms with van der Waals surface area (Å²) in [7, 11) is 0. The molecule has 0 unspecified atom stereocenters. The SMILES string of the molecule is CCOc1cccc(N2C(=O)[C@H]3[C@@H](ON(c4ccccc4)[C@H]3c3ccccc3C(=O)O)C2=O)c1. The fraction of sp³-hybridized carbons (Fsp3) is 0.192. The normalized spacial score (nSPS) is 21.6. The Balaban J connectivity index is 1.60. The Morgan fingerprint density at radius 1 is 0.941 bits per heavy atom. The van der Waals surface area contributed by atoms with Crippen molar-refractivity contribution in [1.29, 1.82) is 0 Å². The Kier molecular flexibility index (Phi) is 5.51. The molecule has 2 saturated heterocycles. The average molecular weight is 458 g/mol. The van der Waals surface area contributed by atoms with E-state index in [9.17, 15) is 19.5 Å². The van der Waals surface area contributed by atoms with Gasteiger partial charge in [0.1, 0.15) is 11.7 Å². The number of nitrogens with zero attached hydrogens (tertiary/aromatic N) is 2. The molecule has 2 amide bonds. The Hall–Kier alpha value is -4.17. The minimum Gasteiger partial charge on any atom is -0.494 e. The van der Waals surface area contributed by atoms with E-state index in [1.165, 1.54) is 11.1 Å². The van der Waals surface area contributed by atoms with Gasteiger partial charge >= 0.3 is 5.97 Å². The Labute approximate surface area is 195 Å². The Morgan fingerprint density at radius 3 is 2.38 bits per heavy atom. The standard InChI is InChI=1S/C26H22N2O6/c1-2-33-18-12-8-11-17(15-18)27-24(29)21-22(19-13-6-7-14-20(19)26(31)32)28(34-23(21)25(27)30)16-9-4-3-5-10-16/h3-15,21-23H,2H2,1H3,(H,31,32)/t21-,22+,23-/m1/s1. The van der Waals surface area contributed by atoms with Crippen molar-refractivity contribution >= 4 is 29.2 Å². The number of fused-ring (bicyclic) bond motifs is 1. The minimum atomic E-state index is -1.12. The molecule has 0 aromatic heterocycles. The van der Waals surface area contributed by atoms with Crippen LogP contribution in [0.15, 0.2) is 78.9 Å². The summed E-state index contributed by atoms with van der Waals surface area (Å²) in [6.07, 6.45) is -1.09. The third kappa shape index (κ3) is 3.48. The van der Waals surface area contributed by atoms with Crippen LogP contribution in [-0.2, 0) is 14.4 Å². The largest absolute Gasteiger partial charge is 0.494 e. The molecule has 2 aliphatic rings. The summed E-state index contributed by atoms with van der Waals surface area (Å²) < 4.78 is 5.52. The summed E-state index contributed by atoms with van der Waals surface area (Å²) in [5.74, 6) is -2.46. The summed E-state index contributed by atoms with van der Waals surface area (Å²) in [6, 6.07) is 21.5. The summed E-state index contributed by atoms with van der Waals surface area (Å²) in [5.41, 5.74) is 1.45. The van der Waals surface area contributed by atoms with Crippen LogP contribution in [0.2, 0.25) is 0 Å². The number of hydrogen-bond acceptors (Lipinski definition) is 6. The number of amides is 2. The van der Waals surface area contributed by atoms with E-state index in [0.29, 0.717) is 29.3 Å². The van der Waals surface area contributed by atoms with Crippen molar-refractivity contribution in [3.63, 3.8) is 0 Å². The predicted molar refractivity (Wildman–Crippen MR) is 124 cm³/mol. The number of carboxylic acid groups (broad SMARTS) is 1. The second kappa shape index (κ2) is 8.64. The molecule has 2 aliphatic heterocycles. The second-order valence-electron chi connectivity index (χ2n) is 7.99. The number of hydroxylamine groups is 1. The van der Waals surface area contributed by atoms with Crippen molar-refractivity contribution < 1.29 is 29.1 Å². The van der Waals surface area contributed by atoms with E-state index in [1.54, 1.807) is 54.6 Å². The average Bonchev–Trinajstić information content (AvgIpc) is 3.36. The lowest BCUT2D eigenvalue weighted by Crippen LogP contribution is -2.37. The lowest BCUT2D eigenvalue weighted by atomic mass is 9.88. The zero-order valence-corrected chi connectivity index (χ0v) is 18.3. The van der Waals surface area contributed by atoms with Gasteiger partial charge in [0, 0.05) is 6.07 Å². The summed E-state index contributed by atoms with van der Waals surface area (Å²) in [5, 5.41) is 11.3. The number of carboxylic acids is 1. The first-order chi connectivity index (χ1) is 16.5. The quantitative estimate of drug-likeness (QED) is 0.561. The van der Waals surface area contributed by atoms with E-state index in [2.05, 4.69) is 0 Å². The van der Waals surface area contributed by atoms with Crippen molar-refractivity contribution in [2.24, 2.45) is 5.92 Å². The van der Waals surface area contributed by atoms with Gasteiger partial charge in [0.05, 0.1) is 29.6 Å². The van der Waals surface area contributed by atoms with Gasteiger partial charge in [-0.1, -0.05) is 42.5 Å². The van der Waals surface area contributed by atoms with Crippen LogP contribution in [0.1, 0.15) is 28.9 Å². The van der Waals surface area contributed by atoms with Gasteiger partial charge in [-0.05, 0) is 42.8 Å². The number of rotatable bonds is 6. The van der Waals surface area contributed by atoms with Gasteiger partial charge in [0.2, 0.25) is 5.91 Å². The smallest absolute Gasteiger partial charge is 0.336 e. The molecule has 0 spiro atoms. The third-order valence-electron chi connectivity index (χ3n) is 6.02. The van der Waals surface area contributed by atoms with Crippen LogP contribution in [-0.4, -0.2) is 35.6 Å². The van der Waals surface area contributed by atoms with Gasteiger partial charge in [0.25, 0.3) is 5.91 Å². The number of aromatic carboxylic acids is 1. The van der Waals surface area contributed by atoms with Crippen molar-refractivity contribution in [1.82, 2.24) is 0 Å². The monoisotopic (exact) mass is 458 g/mol. The molecule has 0 saturated carbocycles. The predicted octanol–water partition coefficient (Wildman–Crippen LogP) is 3.83. The number of anilines is 2. The first kappa shape index (κ1) is 21.7. The first-order valence-electron chi connectivity index (χ1n) is 10.9. The van der Waals surface area contributed by atoms with E-state index in [0.717, 1.165) is 4.90 Å². The van der Waals surface area contributed by atoms with Gasteiger partial charge in [-0.2, -0.15) is 0 Å². The number of hydrogen-bond donors (Lipinski definition) is 1. The van der Waals surface area contributed by atoms with Gasteiger partial charge in [-0.25, -0.2) is 14.8 Å². The first-order valence-corrected chi connectivity index (χ1v) is 10.9. The molecule has 8 nitrogen and oxygen atoms in total. The van der Waals surface area contributed by atoms with E-state index >= 15 is 0 Å². The fourth-order valence-corrected chi connectivity index (χ4v) is 4.61. The molecule has 3 atom stereocenters. The van der Waals surface area contributed by atoms with Crippen LogP contribution in [0.3, 0.4) is 0 Å². The van der Waals surface area contributed by atoms with Gasteiger partial charge in [-0.3, -0.25) is 14.4 Å². The fourth-order valence-electron chi connectivity index (χ4n) is 4.61. The maximum Gasteiger partial charge on any atom is 0.336 e. The number of carbonyl (C=O) groups excluding carboxylic acids is 2. The zero-order chi connectivity index (χ0) is 23.8. The minimum absolute atomic E-state index is 0.0507. The highest BCUT2D eigenvalue weighted by Gasteiger charge is 2.60. The summed E-state index contributed by atoms with van der Waals surface area (Å²) in [6.45, 7) is 2.29. The van der Waals surface area contributed by atoms with Crippen LogP contribution < -0.4 is 14.7 Å². The third-order valence-corrected chi connectivity index (χ3v) is 6.02. The molecular formula is C26H22N2O6. The van der Waals surface area contributed by atoms with Gasteiger partial charge in [-0.15, -0.1) is 0 Å². The molecule has 0 radical (unpaired) electrons. The van der Waals surface area contributed by atoms with Gasteiger partial charge < -0.3 is 9.84 Å². The maximum atomic E-state index is 13.7. The van der Waals surface area contributed by atoms with Crippen molar-refractivity contribution in [3.8, 4) is 5.75 Å². The number of ether oxygens (including phenoxy) is 1. The van der Waals surface area contributed by atoms with E-state index in [-0.39, 0.29) is 5.56 Å². The molecule has 172 valence electrons. The van der Waals surface area contributed by atoms with Crippen LogP contribution in [0.4, 0.5) is 11.4 Å². The highest BCUT2D eigenvalue weighted by molar-refractivity contribution is 6.24. The highest BCUT2D eigenvalue weighted by Crippen LogP contribution is 2.48. The lowest BCUT2D eigenvalue weighted by molar-refractivity contribution is -0.126. The molecule has 3 aromatic carbocycles. The second-order valence-corrected chi connectivity index (χ2v) is 7.99. The molecule has 0 aliphatic carbocycles. The topological polar surface area (TPSA) is 96.4 Å². The van der Waals surface area contributed by atoms with Crippen molar-refractivity contribution in [2.45, 2.75) is 19.1 Å². The number of carbonyl (C=O) groups is 3. The number of para-hydroxylation sites is 1. The van der Waals surface area contributed by atoms with E-state index < -0.39 is 35.8 Å². The van der Waals surface area contributed by atoms with E-state index in [1.807, 2.05) is 25.1 Å². The lowest BCUT2D eigenvalue weighted by Gasteiger charge is -2.29. The Morgan fingerprint density at radius 2 is 1.65 bits per heavy atom. The molecule has 2 fully saturated rings. The van der Waals surface area contributed by atoms with Gasteiger partial charge in [0.15, 0.2) is 6.10 Å². The molecule has 5 rings (SSSR count). The molecule has 34 heavy (non-hydrogen) atoms. The molecule has 8 heteroatoms. The van der Waals surface area contributed by atoms with E-state index in [4.69, 9.17) is 9.57 Å². The van der Waals surface area contributed by atoms with Crippen LogP contribution in [0, 0.1) is 5.92 Å². The Bertz CT molecular complexity index is 1260. The van der Waals surface area contributed by atoms with Crippen molar-refractivity contribution in [3.05, 3.63) is 90.0 Å². The maximum absolute atomic E-state index is 13.7. The van der Waals surface area contributed by atoms with Crippen LogP contribution in [0.25, 0.3) is 0 Å².